The first-order chi connectivity index (χ1) is 28.4. The zero-order valence-corrected chi connectivity index (χ0v) is 33.3. The number of carbonyl (C=O) groups excluding carboxylic acids is 2. The molecule has 5 aromatic rings. The number of carbonyl (C=O) groups is 2. The van der Waals surface area contributed by atoms with Gasteiger partial charge in [-0.15, -0.1) is 0 Å². The zero-order valence-electron chi connectivity index (χ0n) is 32.6. The maximum Gasteiger partial charge on any atom is 0.282 e. The van der Waals surface area contributed by atoms with Gasteiger partial charge in [-0.2, -0.15) is 10.2 Å². The Balaban J connectivity index is 0.850. The minimum atomic E-state index is -1.04. The number of rotatable bonds is 7. The topological polar surface area (TPSA) is 144 Å². The molecular weight excluding hydrogens is 778 g/mol. The minimum absolute atomic E-state index is 0.0353. The molecule has 3 saturated heterocycles. The van der Waals surface area contributed by atoms with E-state index in [1.807, 2.05) is 17.0 Å². The van der Waals surface area contributed by atoms with Crippen LogP contribution in [0.15, 0.2) is 65.7 Å². The van der Waals surface area contributed by atoms with Crippen LogP contribution in [-0.2, 0) is 21.5 Å². The van der Waals surface area contributed by atoms with Crippen molar-refractivity contribution >= 4 is 51.5 Å². The summed E-state index contributed by atoms with van der Waals surface area (Å²) in [6.45, 7) is 8.87. The molecule has 6 heterocycles. The highest BCUT2D eigenvalue weighted by Gasteiger charge is 2.40. The van der Waals surface area contributed by atoms with E-state index in [1.165, 1.54) is 12.1 Å². The molecule has 16 heteroatoms. The third-order valence-corrected chi connectivity index (χ3v) is 12.6. The average Bonchev–Trinajstić information content (AvgIpc) is 3.44. The van der Waals surface area contributed by atoms with Gasteiger partial charge >= 0.3 is 0 Å². The Labute approximate surface area is 343 Å². The van der Waals surface area contributed by atoms with Crippen molar-refractivity contribution in [3.05, 3.63) is 111 Å². The molecule has 0 spiro atoms. The van der Waals surface area contributed by atoms with Gasteiger partial charge in [0.2, 0.25) is 11.8 Å². The van der Waals surface area contributed by atoms with E-state index in [9.17, 15) is 19.6 Å². The summed E-state index contributed by atoms with van der Waals surface area (Å²) in [5.74, 6) is -2.38. The van der Waals surface area contributed by atoms with E-state index in [2.05, 4.69) is 67.7 Å². The molecule has 302 valence electrons. The lowest BCUT2D eigenvalue weighted by Crippen LogP contribution is -2.52. The predicted molar refractivity (Wildman–Crippen MR) is 219 cm³/mol. The third kappa shape index (κ3) is 6.83. The van der Waals surface area contributed by atoms with Crippen LogP contribution in [0.5, 0.6) is 0 Å². The first-order valence-corrected chi connectivity index (χ1v) is 20.1. The number of benzene rings is 3. The maximum atomic E-state index is 15.2. The lowest BCUT2D eigenvalue weighted by Gasteiger charge is -2.41. The number of amides is 2. The van der Waals surface area contributed by atoms with Gasteiger partial charge in [-0.25, -0.2) is 13.8 Å². The van der Waals surface area contributed by atoms with Crippen molar-refractivity contribution in [1.29, 1.82) is 5.26 Å². The van der Waals surface area contributed by atoms with E-state index < -0.39 is 34.8 Å². The van der Waals surface area contributed by atoms with E-state index in [-0.39, 0.29) is 30.0 Å². The van der Waals surface area contributed by atoms with Crippen molar-refractivity contribution in [2.45, 2.75) is 57.0 Å². The standard InChI is InChI=1S/C43H41ClF2N10O3/c1-43(2)30-8-6-26(20-35(30)56-34-5-3-4-31(44)39(34)41(59)51-42(43)56)55-17-16-54(27(24-55)10-11-47)23-25-21-49-36(22-48-25)53-14-12-52(13-15-53)28-18-32(45)38(33(46)19-28)29-7-9-37(57)50-40(29)58/h3-6,8,18-22,27,29H,7,9-10,12-17,23-24H2,1-2H3,(H,50,57,58)/t27-,29?/m1/s1. The number of aromatic nitrogens is 4. The highest BCUT2D eigenvalue weighted by atomic mass is 35.5. The van der Waals surface area contributed by atoms with Crippen molar-refractivity contribution in [3.8, 4) is 11.8 Å². The molecular formula is C43H41ClF2N10O3. The van der Waals surface area contributed by atoms with E-state index in [1.54, 1.807) is 18.5 Å². The van der Waals surface area contributed by atoms with Gasteiger partial charge < -0.3 is 14.7 Å². The number of piperazine rings is 2. The van der Waals surface area contributed by atoms with E-state index in [0.717, 1.165) is 34.7 Å². The van der Waals surface area contributed by atoms with E-state index in [0.29, 0.717) is 80.0 Å². The molecule has 4 aliphatic heterocycles. The number of piperidine rings is 1. The van der Waals surface area contributed by atoms with E-state index >= 15 is 8.78 Å². The Kier molecular flexibility index (Phi) is 9.80. The summed E-state index contributed by atoms with van der Waals surface area (Å²) in [7, 11) is 0. The second-order valence-corrected chi connectivity index (χ2v) is 16.5. The first kappa shape index (κ1) is 38.5. The molecule has 0 bridgehead atoms. The van der Waals surface area contributed by atoms with Gasteiger partial charge in [0.15, 0.2) is 0 Å². The molecule has 59 heavy (non-hydrogen) atoms. The van der Waals surface area contributed by atoms with Gasteiger partial charge in [-0.1, -0.05) is 23.7 Å². The van der Waals surface area contributed by atoms with Crippen molar-refractivity contribution in [3.63, 3.8) is 0 Å². The molecule has 1 unspecified atom stereocenters. The Bertz CT molecular complexity index is 2600. The van der Waals surface area contributed by atoms with Crippen LogP contribution in [-0.4, -0.2) is 88.1 Å². The minimum Gasteiger partial charge on any atom is -0.369 e. The monoisotopic (exact) mass is 818 g/mol. The summed E-state index contributed by atoms with van der Waals surface area (Å²) in [6.07, 6.45) is 3.96. The van der Waals surface area contributed by atoms with Crippen LogP contribution >= 0.6 is 11.6 Å². The average molecular weight is 819 g/mol. The SMILES string of the molecule is CC1(C)c2ccc(N3CCN(Cc4cnc(N5CCN(c6cc(F)c(C7CCC(=O)NC7=O)c(F)c6)CC5)cn4)[C@H](CC#N)C3)cc2-n2c1nc(=O)c1c(Cl)cccc12. The van der Waals surface area contributed by atoms with Crippen molar-refractivity contribution in [1.82, 2.24) is 29.7 Å². The normalized spacial score (nSPS) is 20.4. The number of nitriles is 1. The maximum absolute atomic E-state index is 15.2. The molecule has 0 aliphatic carbocycles. The zero-order chi connectivity index (χ0) is 41.2. The molecule has 2 atom stereocenters. The highest BCUT2D eigenvalue weighted by molar-refractivity contribution is 6.35. The highest BCUT2D eigenvalue weighted by Crippen LogP contribution is 2.44. The molecule has 13 nitrogen and oxygen atoms in total. The number of anilines is 3. The first-order valence-electron chi connectivity index (χ1n) is 19.8. The molecule has 2 aromatic heterocycles. The van der Waals surface area contributed by atoms with Crippen LogP contribution in [0.3, 0.4) is 0 Å². The summed E-state index contributed by atoms with van der Waals surface area (Å²) in [6, 6.07) is 16.7. The fourth-order valence-electron chi connectivity index (χ4n) is 9.13. The van der Waals surface area contributed by atoms with Crippen LogP contribution in [0.25, 0.3) is 16.6 Å². The van der Waals surface area contributed by atoms with Crippen LogP contribution in [0.1, 0.15) is 61.7 Å². The Morgan fingerprint density at radius 1 is 0.915 bits per heavy atom. The van der Waals surface area contributed by atoms with Gasteiger partial charge in [0.05, 0.1) is 63.5 Å². The Morgan fingerprint density at radius 3 is 2.37 bits per heavy atom. The van der Waals surface area contributed by atoms with Crippen LogP contribution in [0, 0.1) is 23.0 Å². The van der Waals surface area contributed by atoms with Crippen LogP contribution in [0.4, 0.5) is 26.0 Å². The van der Waals surface area contributed by atoms with Crippen molar-refractivity contribution in [2.75, 3.05) is 60.5 Å². The number of nitrogens with one attached hydrogen (secondary N) is 1. The number of nitrogens with zero attached hydrogens (tertiary/aromatic N) is 9. The predicted octanol–water partition coefficient (Wildman–Crippen LogP) is 5.20. The smallest absolute Gasteiger partial charge is 0.282 e. The van der Waals surface area contributed by atoms with Gasteiger partial charge in [-0.05, 0) is 62.2 Å². The largest absolute Gasteiger partial charge is 0.369 e. The summed E-state index contributed by atoms with van der Waals surface area (Å²) in [5.41, 5.74) is 3.82. The van der Waals surface area contributed by atoms with Gasteiger partial charge in [0.25, 0.3) is 5.56 Å². The quantitative estimate of drug-likeness (QED) is 0.217. The molecule has 0 radical (unpaired) electrons. The fourth-order valence-corrected chi connectivity index (χ4v) is 9.38. The molecule has 4 aliphatic rings. The summed E-state index contributed by atoms with van der Waals surface area (Å²) in [4.78, 5) is 59.5. The van der Waals surface area contributed by atoms with Crippen molar-refractivity contribution in [2.24, 2.45) is 0 Å². The number of imide groups is 1. The second kappa shape index (κ2) is 15.0. The van der Waals surface area contributed by atoms with Gasteiger partial charge in [-0.3, -0.25) is 34.2 Å². The molecule has 2 amide bonds. The lowest BCUT2D eigenvalue weighted by molar-refractivity contribution is -0.134. The molecule has 0 saturated carbocycles. The molecule has 3 fully saturated rings. The second-order valence-electron chi connectivity index (χ2n) is 16.1. The third-order valence-electron chi connectivity index (χ3n) is 12.3. The number of halogens is 3. The van der Waals surface area contributed by atoms with Crippen molar-refractivity contribution < 1.29 is 18.4 Å². The fraction of sp³-hybridized carbons (Fsp3) is 0.372. The number of hydrogen-bond acceptors (Lipinski definition) is 11. The van der Waals surface area contributed by atoms with Crippen LogP contribution in [0.2, 0.25) is 5.02 Å². The van der Waals surface area contributed by atoms with Gasteiger partial charge in [0.1, 0.15) is 23.3 Å². The Morgan fingerprint density at radius 2 is 1.66 bits per heavy atom. The lowest BCUT2D eigenvalue weighted by atomic mass is 9.85. The van der Waals surface area contributed by atoms with Crippen LogP contribution < -0.4 is 25.6 Å². The molecule has 9 rings (SSSR count). The number of fused-ring (bicyclic) bond motifs is 5. The van der Waals surface area contributed by atoms with E-state index in [4.69, 9.17) is 21.6 Å². The summed E-state index contributed by atoms with van der Waals surface area (Å²) >= 11 is 6.50. The van der Waals surface area contributed by atoms with Gasteiger partial charge in [0, 0.05) is 81.8 Å². The Hall–Kier alpha value is -5.98. The summed E-state index contributed by atoms with van der Waals surface area (Å²) < 4.78 is 32.5. The molecule has 3 aromatic carbocycles. The number of hydrogen-bond donors (Lipinski definition) is 1. The molecule has 1 N–H and O–H groups in total. The summed E-state index contributed by atoms with van der Waals surface area (Å²) in [5, 5.41) is 12.8.